The van der Waals surface area contributed by atoms with E-state index in [1.165, 1.54) is 0 Å². The van der Waals surface area contributed by atoms with Crippen molar-refractivity contribution in [1.29, 1.82) is 0 Å². The van der Waals surface area contributed by atoms with Gasteiger partial charge in [0.05, 0.1) is 0 Å². The lowest BCUT2D eigenvalue weighted by Gasteiger charge is -2.37. The van der Waals surface area contributed by atoms with E-state index in [4.69, 9.17) is 17.3 Å². The van der Waals surface area contributed by atoms with Crippen LogP contribution < -0.4 is 10.6 Å². The second-order valence-electron chi connectivity index (χ2n) is 7.48. The summed E-state index contributed by atoms with van der Waals surface area (Å²) in [6.45, 7) is 6.73. The van der Waals surface area contributed by atoms with Gasteiger partial charge in [-0.3, -0.25) is 9.59 Å². The van der Waals surface area contributed by atoms with E-state index in [1.54, 1.807) is 0 Å². The fourth-order valence-electron chi connectivity index (χ4n) is 4.09. The normalized spacial score (nSPS) is 19.4. The zero-order valence-electron chi connectivity index (χ0n) is 16.1. The summed E-state index contributed by atoms with van der Waals surface area (Å²) >= 11 is 6.30. The number of hydrogen-bond acceptors (Lipinski definition) is 5. The number of halogens is 1. The van der Waals surface area contributed by atoms with Crippen LogP contribution in [0.15, 0.2) is 0 Å². The van der Waals surface area contributed by atoms with Gasteiger partial charge in [0.2, 0.25) is 11.8 Å². The highest BCUT2D eigenvalue weighted by molar-refractivity contribution is 6.30. The Hall–Kier alpha value is -1.89. The van der Waals surface area contributed by atoms with Gasteiger partial charge in [-0.2, -0.15) is 0 Å². The van der Waals surface area contributed by atoms with E-state index in [1.807, 2.05) is 11.8 Å². The van der Waals surface area contributed by atoms with Crippen LogP contribution in [0.4, 0.5) is 5.82 Å². The van der Waals surface area contributed by atoms with Crippen molar-refractivity contribution in [3.63, 3.8) is 0 Å². The number of aromatic nitrogens is 2. The number of amides is 2. The monoisotopic (exact) mass is 393 g/mol. The maximum absolute atomic E-state index is 12.8. The number of carbonyl (C=O) groups is 2. The van der Waals surface area contributed by atoms with Crippen molar-refractivity contribution in [3.05, 3.63) is 16.5 Å². The molecular formula is C19H28ClN5O2. The predicted octanol–water partition coefficient (Wildman–Crippen LogP) is 1.94. The van der Waals surface area contributed by atoms with E-state index in [0.29, 0.717) is 36.9 Å². The third-order valence-electron chi connectivity index (χ3n) is 5.75. The molecule has 0 spiro atoms. The molecule has 0 bridgehead atoms. The molecule has 1 aromatic rings. The summed E-state index contributed by atoms with van der Waals surface area (Å²) in [7, 11) is 0. The molecule has 27 heavy (non-hydrogen) atoms. The van der Waals surface area contributed by atoms with E-state index in [9.17, 15) is 9.59 Å². The largest absolute Gasteiger partial charge is 0.369 e. The quantitative estimate of drug-likeness (QED) is 0.789. The highest BCUT2D eigenvalue weighted by Crippen LogP contribution is 2.30. The van der Waals surface area contributed by atoms with Crippen LogP contribution in [-0.4, -0.2) is 52.9 Å². The fourth-order valence-corrected chi connectivity index (χ4v) is 4.43. The van der Waals surface area contributed by atoms with Gasteiger partial charge in [0.1, 0.15) is 16.8 Å². The van der Waals surface area contributed by atoms with Gasteiger partial charge in [0, 0.05) is 43.6 Å². The Kier molecular flexibility index (Phi) is 6.19. The van der Waals surface area contributed by atoms with Gasteiger partial charge < -0.3 is 15.5 Å². The second-order valence-corrected chi connectivity index (χ2v) is 7.84. The molecule has 2 aliphatic rings. The predicted molar refractivity (Wildman–Crippen MR) is 105 cm³/mol. The van der Waals surface area contributed by atoms with E-state index in [2.05, 4.69) is 21.8 Å². The van der Waals surface area contributed by atoms with Gasteiger partial charge in [-0.05, 0) is 39.0 Å². The molecule has 148 valence electrons. The van der Waals surface area contributed by atoms with E-state index >= 15 is 0 Å². The number of carbonyl (C=O) groups excluding carboxylic acids is 2. The minimum atomic E-state index is -0.249. The molecule has 1 aromatic heterocycles. The van der Waals surface area contributed by atoms with E-state index in [0.717, 1.165) is 43.7 Å². The smallest absolute Gasteiger partial charge is 0.225 e. The number of primary amides is 1. The molecule has 2 fully saturated rings. The van der Waals surface area contributed by atoms with Crippen LogP contribution >= 0.6 is 11.6 Å². The molecular weight excluding hydrogens is 366 g/mol. The molecule has 0 aromatic carbocycles. The van der Waals surface area contributed by atoms with Crippen LogP contribution in [0.25, 0.3) is 0 Å². The van der Waals surface area contributed by atoms with E-state index < -0.39 is 0 Å². The van der Waals surface area contributed by atoms with Crippen molar-refractivity contribution in [3.8, 4) is 0 Å². The SMILES string of the molecule is CCc1c(Cl)nc(C)nc1N1CCC(C(=O)N2CCC(C(N)=O)CC2)CC1. The number of nitrogens with two attached hydrogens (primary N) is 1. The first kappa shape index (κ1) is 19.9. The molecule has 0 radical (unpaired) electrons. The number of nitrogens with zero attached hydrogens (tertiary/aromatic N) is 4. The fraction of sp³-hybridized carbons (Fsp3) is 0.684. The summed E-state index contributed by atoms with van der Waals surface area (Å²) in [4.78, 5) is 37.1. The van der Waals surface area contributed by atoms with Crippen molar-refractivity contribution >= 4 is 29.2 Å². The lowest BCUT2D eigenvalue weighted by molar-refractivity contribution is -0.139. The molecule has 0 atom stereocenters. The number of rotatable bonds is 4. The van der Waals surface area contributed by atoms with Crippen LogP contribution in [0.5, 0.6) is 0 Å². The number of aryl methyl sites for hydroxylation is 1. The summed E-state index contributed by atoms with van der Waals surface area (Å²) in [6.07, 6.45) is 3.75. The Labute approximate surface area is 165 Å². The van der Waals surface area contributed by atoms with Gasteiger partial charge in [-0.1, -0.05) is 18.5 Å². The highest BCUT2D eigenvalue weighted by Gasteiger charge is 2.32. The second kappa shape index (κ2) is 8.42. The van der Waals surface area contributed by atoms with Gasteiger partial charge in [0.25, 0.3) is 0 Å². The molecule has 0 aliphatic carbocycles. The molecule has 7 nitrogen and oxygen atoms in total. The first-order chi connectivity index (χ1) is 12.9. The highest BCUT2D eigenvalue weighted by atomic mass is 35.5. The third kappa shape index (κ3) is 4.34. The summed E-state index contributed by atoms with van der Waals surface area (Å²) < 4.78 is 0. The average molecular weight is 394 g/mol. The summed E-state index contributed by atoms with van der Waals surface area (Å²) in [6, 6.07) is 0. The number of hydrogen-bond donors (Lipinski definition) is 1. The maximum Gasteiger partial charge on any atom is 0.225 e. The van der Waals surface area contributed by atoms with Crippen LogP contribution in [0.1, 0.15) is 44.0 Å². The molecule has 0 saturated carbocycles. The van der Waals surface area contributed by atoms with Crippen LogP contribution in [0.2, 0.25) is 5.15 Å². The molecule has 3 rings (SSSR count). The molecule has 2 N–H and O–H groups in total. The summed E-state index contributed by atoms with van der Waals surface area (Å²) in [5, 5.41) is 0.524. The topological polar surface area (TPSA) is 92.4 Å². The van der Waals surface area contributed by atoms with Crippen LogP contribution in [-0.2, 0) is 16.0 Å². The van der Waals surface area contributed by atoms with Crippen LogP contribution in [0, 0.1) is 18.8 Å². The number of piperidine rings is 2. The van der Waals surface area contributed by atoms with Crippen molar-refractivity contribution in [2.75, 3.05) is 31.1 Å². The molecule has 2 amide bonds. The number of likely N-dealkylation sites (tertiary alicyclic amines) is 1. The van der Waals surface area contributed by atoms with Crippen molar-refractivity contribution in [1.82, 2.24) is 14.9 Å². The number of anilines is 1. The Morgan fingerprint density at radius 3 is 2.22 bits per heavy atom. The van der Waals surface area contributed by atoms with Gasteiger partial charge >= 0.3 is 0 Å². The van der Waals surface area contributed by atoms with E-state index in [-0.39, 0.29) is 23.7 Å². The van der Waals surface area contributed by atoms with Gasteiger partial charge in [-0.25, -0.2) is 9.97 Å². The molecule has 2 aliphatic heterocycles. The minimum absolute atomic E-state index is 0.0369. The maximum atomic E-state index is 12.8. The Morgan fingerprint density at radius 1 is 1.07 bits per heavy atom. The summed E-state index contributed by atoms with van der Waals surface area (Å²) in [5.41, 5.74) is 6.35. The molecule has 8 heteroatoms. The molecule has 3 heterocycles. The average Bonchev–Trinajstić information content (AvgIpc) is 2.67. The van der Waals surface area contributed by atoms with Crippen LogP contribution in [0.3, 0.4) is 0 Å². The first-order valence-corrected chi connectivity index (χ1v) is 10.1. The Morgan fingerprint density at radius 2 is 1.67 bits per heavy atom. The van der Waals surface area contributed by atoms with Crippen molar-refractivity contribution in [2.24, 2.45) is 17.6 Å². The zero-order valence-corrected chi connectivity index (χ0v) is 16.8. The zero-order chi connectivity index (χ0) is 19.6. The van der Waals surface area contributed by atoms with Crippen molar-refractivity contribution < 1.29 is 9.59 Å². The Balaban J connectivity index is 1.60. The Bertz CT molecular complexity index is 710. The lowest BCUT2D eigenvalue weighted by Crippen LogP contribution is -2.47. The molecule has 2 saturated heterocycles. The van der Waals surface area contributed by atoms with Crippen molar-refractivity contribution in [2.45, 2.75) is 46.0 Å². The summed E-state index contributed by atoms with van der Waals surface area (Å²) in [5.74, 6) is 1.49. The van der Waals surface area contributed by atoms with Gasteiger partial charge in [0.15, 0.2) is 0 Å². The molecule has 0 unspecified atom stereocenters. The minimum Gasteiger partial charge on any atom is -0.369 e. The third-order valence-corrected chi connectivity index (χ3v) is 6.07. The standard InChI is InChI=1S/C19H28ClN5O2/c1-3-15-16(20)22-12(2)23-18(15)24-8-6-14(7-9-24)19(27)25-10-4-13(5-11-25)17(21)26/h13-14H,3-11H2,1-2H3,(H2,21,26). The first-order valence-electron chi connectivity index (χ1n) is 9.76. The lowest BCUT2D eigenvalue weighted by atomic mass is 9.91. The van der Waals surface area contributed by atoms with Gasteiger partial charge in [-0.15, -0.1) is 0 Å².